The normalized spacial score (nSPS) is 10.7. The molecular weight excluding hydrogens is 454 g/mol. The van der Waals surface area contributed by atoms with Gasteiger partial charge >= 0.3 is 0 Å². The highest BCUT2D eigenvalue weighted by Crippen LogP contribution is 2.28. The predicted molar refractivity (Wildman–Crippen MR) is 134 cm³/mol. The molecule has 0 aliphatic heterocycles. The molecule has 2 N–H and O–H groups in total. The fraction of sp³-hybridized carbons (Fsp3) is 0.192. The van der Waals surface area contributed by atoms with Gasteiger partial charge < -0.3 is 14.8 Å². The minimum Gasteiger partial charge on any atom is -0.490 e. The van der Waals surface area contributed by atoms with Crippen LogP contribution in [0.4, 0.5) is 5.69 Å². The lowest BCUT2D eigenvalue weighted by Crippen LogP contribution is -2.20. The van der Waals surface area contributed by atoms with E-state index in [1.54, 1.807) is 42.5 Å². The molecule has 7 nitrogen and oxygen atoms in total. The number of hydrogen-bond acceptors (Lipinski definition) is 5. The van der Waals surface area contributed by atoms with E-state index in [1.165, 1.54) is 6.21 Å². The van der Waals surface area contributed by atoms with Crippen LogP contribution in [0, 0.1) is 13.8 Å². The maximum Gasteiger partial charge on any atom is 0.271 e. The zero-order chi connectivity index (χ0) is 24.5. The van der Waals surface area contributed by atoms with Crippen LogP contribution in [-0.2, 0) is 4.79 Å². The van der Waals surface area contributed by atoms with Crippen LogP contribution < -0.4 is 20.2 Å². The van der Waals surface area contributed by atoms with E-state index in [0.717, 1.165) is 11.1 Å². The molecule has 0 aliphatic rings. The summed E-state index contributed by atoms with van der Waals surface area (Å²) in [5.74, 6) is 0.246. The second-order valence-electron chi connectivity index (χ2n) is 7.51. The summed E-state index contributed by atoms with van der Waals surface area (Å²) >= 11 is 6.10. The Morgan fingerprint density at radius 3 is 2.44 bits per heavy atom. The van der Waals surface area contributed by atoms with Gasteiger partial charge in [-0.05, 0) is 74.4 Å². The van der Waals surface area contributed by atoms with Crippen LogP contribution in [0.15, 0.2) is 65.8 Å². The van der Waals surface area contributed by atoms with Crippen molar-refractivity contribution in [2.45, 2.75) is 20.8 Å². The largest absolute Gasteiger partial charge is 0.490 e. The number of halogens is 1. The van der Waals surface area contributed by atoms with E-state index < -0.39 is 0 Å². The predicted octanol–water partition coefficient (Wildman–Crippen LogP) is 5.14. The van der Waals surface area contributed by atoms with E-state index >= 15 is 0 Å². The van der Waals surface area contributed by atoms with Crippen LogP contribution in [-0.4, -0.2) is 31.2 Å². The van der Waals surface area contributed by atoms with Crippen LogP contribution >= 0.6 is 11.6 Å². The van der Waals surface area contributed by atoms with Gasteiger partial charge in [-0.1, -0.05) is 35.4 Å². The maximum absolute atomic E-state index is 12.3. The summed E-state index contributed by atoms with van der Waals surface area (Å²) in [4.78, 5) is 24.4. The van der Waals surface area contributed by atoms with E-state index in [2.05, 4.69) is 15.8 Å². The Morgan fingerprint density at radius 1 is 0.971 bits per heavy atom. The number of nitrogens with zero attached hydrogens (tertiary/aromatic N) is 1. The van der Waals surface area contributed by atoms with Crippen molar-refractivity contribution in [3.63, 3.8) is 0 Å². The van der Waals surface area contributed by atoms with Crippen molar-refractivity contribution >= 4 is 35.3 Å². The lowest BCUT2D eigenvalue weighted by molar-refractivity contribution is -0.118. The summed E-state index contributed by atoms with van der Waals surface area (Å²) in [7, 11) is 0. The molecule has 8 heteroatoms. The van der Waals surface area contributed by atoms with Gasteiger partial charge in [0.2, 0.25) is 0 Å². The third-order valence-corrected chi connectivity index (χ3v) is 5.18. The number of rotatable bonds is 9. The smallest absolute Gasteiger partial charge is 0.271 e. The third kappa shape index (κ3) is 7.08. The zero-order valence-electron chi connectivity index (χ0n) is 19.2. The molecule has 0 saturated carbocycles. The van der Waals surface area contributed by atoms with Gasteiger partial charge in [0, 0.05) is 16.3 Å². The number of amides is 2. The van der Waals surface area contributed by atoms with E-state index in [1.807, 2.05) is 39.0 Å². The first-order chi connectivity index (χ1) is 16.4. The molecule has 0 radical (unpaired) electrons. The van der Waals surface area contributed by atoms with Crippen LogP contribution in [0.2, 0.25) is 5.02 Å². The highest BCUT2D eigenvalue weighted by Gasteiger charge is 2.10. The van der Waals surface area contributed by atoms with Gasteiger partial charge in [0.25, 0.3) is 11.8 Å². The highest BCUT2D eigenvalue weighted by molar-refractivity contribution is 6.31. The quantitative estimate of drug-likeness (QED) is 0.328. The molecule has 3 aromatic rings. The first kappa shape index (κ1) is 24.8. The van der Waals surface area contributed by atoms with Crippen molar-refractivity contribution in [1.82, 2.24) is 5.43 Å². The Morgan fingerprint density at radius 2 is 1.74 bits per heavy atom. The summed E-state index contributed by atoms with van der Waals surface area (Å²) in [5.41, 5.74) is 6.30. The number of aryl methyl sites for hydroxylation is 2. The number of carbonyl (C=O) groups is 2. The summed E-state index contributed by atoms with van der Waals surface area (Å²) < 4.78 is 11.3. The lowest BCUT2D eigenvalue weighted by atomic mass is 10.1. The van der Waals surface area contributed by atoms with E-state index in [9.17, 15) is 9.59 Å². The van der Waals surface area contributed by atoms with Crippen molar-refractivity contribution in [3.8, 4) is 11.5 Å². The molecule has 3 rings (SSSR count). The summed E-state index contributed by atoms with van der Waals surface area (Å²) in [6.07, 6.45) is 1.51. The molecule has 0 fully saturated rings. The maximum atomic E-state index is 12.3. The number of hydrogen-bond donors (Lipinski definition) is 2. The fourth-order valence-electron chi connectivity index (χ4n) is 2.94. The fourth-order valence-corrected chi connectivity index (χ4v) is 3.12. The molecule has 0 unspecified atom stereocenters. The molecule has 2 amide bonds. The van der Waals surface area contributed by atoms with Crippen LogP contribution in [0.5, 0.6) is 11.5 Å². The number of hydrazone groups is 1. The first-order valence-electron chi connectivity index (χ1n) is 10.7. The van der Waals surface area contributed by atoms with Crippen molar-refractivity contribution in [1.29, 1.82) is 0 Å². The van der Waals surface area contributed by atoms with Crippen molar-refractivity contribution in [2.24, 2.45) is 5.10 Å². The molecule has 0 heterocycles. The Kier molecular flexibility index (Phi) is 8.65. The number of ether oxygens (including phenoxy) is 2. The van der Waals surface area contributed by atoms with Crippen LogP contribution in [0.1, 0.15) is 34.0 Å². The molecule has 0 aromatic heterocycles. The number of nitrogens with one attached hydrogen (secondary N) is 2. The van der Waals surface area contributed by atoms with Gasteiger partial charge in [-0.2, -0.15) is 5.10 Å². The molecule has 0 spiro atoms. The van der Waals surface area contributed by atoms with Gasteiger partial charge in [-0.3, -0.25) is 9.59 Å². The summed E-state index contributed by atoms with van der Waals surface area (Å²) in [6, 6.07) is 17.6. The summed E-state index contributed by atoms with van der Waals surface area (Å²) in [6.45, 7) is 5.90. The standard InChI is InChI=1S/C26H26ClN3O4/c1-4-33-24-13-19(15-28-30-26(32)20-9-5-17(2)6-10-20)8-12-23(24)34-16-25(31)29-21-11-7-18(3)22(27)14-21/h5-15H,4,16H2,1-3H3,(H,29,31)(H,30,32). The van der Waals surface area contributed by atoms with Gasteiger partial charge in [-0.25, -0.2) is 5.43 Å². The SMILES string of the molecule is CCOc1cc(C=NNC(=O)c2ccc(C)cc2)ccc1OCC(=O)Nc1ccc(C)c(Cl)c1. The van der Waals surface area contributed by atoms with Crippen molar-refractivity contribution in [2.75, 3.05) is 18.5 Å². The van der Waals surface area contributed by atoms with Gasteiger partial charge in [0.15, 0.2) is 18.1 Å². The summed E-state index contributed by atoms with van der Waals surface area (Å²) in [5, 5.41) is 7.33. The topological polar surface area (TPSA) is 89.0 Å². The number of carbonyl (C=O) groups excluding carboxylic acids is 2. The zero-order valence-corrected chi connectivity index (χ0v) is 20.0. The molecule has 0 bridgehead atoms. The van der Waals surface area contributed by atoms with Crippen molar-refractivity contribution in [3.05, 3.63) is 87.9 Å². The lowest BCUT2D eigenvalue weighted by Gasteiger charge is -2.13. The molecular formula is C26H26ClN3O4. The van der Waals surface area contributed by atoms with Gasteiger partial charge in [0.1, 0.15) is 0 Å². The first-order valence-corrected chi connectivity index (χ1v) is 11.1. The average molecular weight is 480 g/mol. The van der Waals surface area contributed by atoms with Crippen LogP contribution in [0.3, 0.4) is 0 Å². The van der Waals surface area contributed by atoms with E-state index in [-0.39, 0.29) is 18.4 Å². The minimum atomic E-state index is -0.327. The number of benzene rings is 3. The molecule has 34 heavy (non-hydrogen) atoms. The molecule has 0 aliphatic carbocycles. The second kappa shape index (κ2) is 11.9. The van der Waals surface area contributed by atoms with Crippen molar-refractivity contribution < 1.29 is 19.1 Å². The molecule has 176 valence electrons. The molecule has 0 atom stereocenters. The molecule has 3 aromatic carbocycles. The van der Waals surface area contributed by atoms with E-state index in [4.69, 9.17) is 21.1 Å². The van der Waals surface area contributed by atoms with Gasteiger partial charge in [0.05, 0.1) is 12.8 Å². The van der Waals surface area contributed by atoms with Crippen LogP contribution in [0.25, 0.3) is 0 Å². The van der Waals surface area contributed by atoms with E-state index in [0.29, 0.717) is 39.9 Å². The Hall–Kier alpha value is -3.84. The highest BCUT2D eigenvalue weighted by atomic mass is 35.5. The average Bonchev–Trinajstić information content (AvgIpc) is 2.81. The third-order valence-electron chi connectivity index (χ3n) is 4.78. The molecule has 0 saturated heterocycles. The number of anilines is 1. The monoisotopic (exact) mass is 479 g/mol. The minimum absolute atomic E-state index is 0.203. The Labute approximate surface area is 203 Å². The van der Waals surface area contributed by atoms with Gasteiger partial charge in [-0.15, -0.1) is 0 Å². The Bertz CT molecular complexity index is 1190. The second-order valence-corrected chi connectivity index (χ2v) is 7.91. The Balaban J connectivity index is 1.59.